The second-order valence-corrected chi connectivity index (χ2v) is 6.76. The third kappa shape index (κ3) is 4.23. The number of rotatable bonds is 4. The van der Waals surface area contributed by atoms with Crippen LogP contribution in [0.25, 0.3) is 0 Å². The van der Waals surface area contributed by atoms with E-state index in [1.54, 1.807) is 6.07 Å². The molecule has 1 aliphatic rings. The van der Waals surface area contributed by atoms with Crippen molar-refractivity contribution in [2.45, 2.75) is 43.6 Å². The summed E-state index contributed by atoms with van der Waals surface area (Å²) in [7, 11) is 0. The topological polar surface area (TPSA) is 49.9 Å². The van der Waals surface area contributed by atoms with E-state index in [9.17, 15) is 4.39 Å². The molecule has 1 fully saturated rings. The highest BCUT2D eigenvalue weighted by molar-refractivity contribution is 7.99. The maximum atomic E-state index is 13.5. The minimum atomic E-state index is -0.305. The molecule has 19 heavy (non-hydrogen) atoms. The first-order valence-electron chi connectivity index (χ1n) is 6.80. The van der Waals surface area contributed by atoms with Crippen molar-refractivity contribution in [3.63, 3.8) is 0 Å². The van der Waals surface area contributed by atoms with Gasteiger partial charge in [-0.25, -0.2) is 4.39 Å². The second kappa shape index (κ2) is 6.42. The zero-order valence-corrected chi connectivity index (χ0v) is 12.1. The Morgan fingerprint density at radius 1 is 1.42 bits per heavy atom. The molecule has 1 saturated carbocycles. The van der Waals surface area contributed by atoms with Crippen molar-refractivity contribution in [1.82, 2.24) is 0 Å². The number of halogens is 1. The lowest BCUT2D eigenvalue weighted by Crippen LogP contribution is -2.15. The van der Waals surface area contributed by atoms with Crippen LogP contribution in [0.5, 0.6) is 0 Å². The van der Waals surface area contributed by atoms with Crippen molar-refractivity contribution in [2.24, 2.45) is 11.7 Å². The fraction of sp³-hybridized carbons (Fsp3) is 0.533. The highest BCUT2D eigenvalue weighted by Crippen LogP contribution is 2.33. The number of amidine groups is 1. The third-order valence-corrected chi connectivity index (χ3v) is 5.04. The van der Waals surface area contributed by atoms with Gasteiger partial charge in [-0.1, -0.05) is 19.8 Å². The molecule has 2 atom stereocenters. The molecule has 2 unspecified atom stereocenters. The van der Waals surface area contributed by atoms with Gasteiger partial charge in [0.05, 0.1) is 0 Å². The minimum absolute atomic E-state index is 0.0722. The van der Waals surface area contributed by atoms with Crippen LogP contribution in [-0.4, -0.2) is 11.1 Å². The Kier molecular flexibility index (Phi) is 4.86. The van der Waals surface area contributed by atoms with Crippen LogP contribution in [0.4, 0.5) is 4.39 Å². The van der Waals surface area contributed by atoms with Crippen molar-refractivity contribution < 1.29 is 4.39 Å². The van der Waals surface area contributed by atoms with E-state index in [4.69, 9.17) is 11.1 Å². The van der Waals surface area contributed by atoms with Gasteiger partial charge in [0.15, 0.2) is 0 Å². The molecule has 0 saturated heterocycles. The second-order valence-electron chi connectivity index (χ2n) is 5.47. The molecule has 104 valence electrons. The van der Waals surface area contributed by atoms with Crippen molar-refractivity contribution >= 4 is 17.6 Å². The molecule has 2 nitrogen and oxygen atoms in total. The summed E-state index contributed by atoms with van der Waals surface area (Å²) in [5.74, 6) is 1.24. The predicted octanol–water partition coefficient (Wildman–Crippen LogP) is 3.92. The highest BCUT2D eigenvalue weighted by Gasteiger charge is 2.19. The van der Waals surface area contributed by atoms with Crippen molar-refractivity contribution in [2.75, 3.05) is 0 Å². The van der Waals surface area contributed by atoms with Crippen molar-refractivity contribution in [3.8, 4) is 0 Å². The number of nitrogens with two attached hydrogens (primary N) is 1. The summed E-state index contributed by atoms with van der Waals surface area (Å²) >= 11 is 1.91. The molecule has 0 bridgehead atoms. The first-order chi connectivity index (χ1) is 9.04. The summed E-state index contributed by atoms with van der Waals surface area (Å²) in [6, 6.07) is 4.69. The molecule has 0 radical (unpaired) electrons. The fourth-order valence-electron chi connectivity index (χ4n) is 2.63. The Bertz CT molecular complexity index is 461. The Morgan fingerprint density at radius 3 is 2.89 bits per heavy atom. The number of benzene rings is 1. The normalized spacial score (nSPS) is 23.3. The quantitative estimate of drug-likeness (QED) is 0.648. The summed E-state index contributed by atoms with van der Waals surface area (Å²) in [5, 5.41) is 8.08. The standard InChI is InChI=1S/C15H21FN2S/c1-10-3-2-4-14(5-10)19-9-11-6-12(15(17)18)8-13(16)7-11/h6-8,10,14H,2-5,9H2,1H3,(H3,17,18). The average molecular weight is 280 g/mol. The Labute approximate surface area is 118 Å². The van der Waals surface area contributed by atoms with E-state index in [-0.39, 0.29) is 11.7 Å². The van der Waals surface area contributed by atoms with Gasteiger partial charge in [0.2, 0.25) is 0 Å². The van der Waals surface area contributed by atoms with Crippen LogP contribution < -0.4 is 5.73 Å². The molecule has 0 aliphatic heterocycles. The van der Waals surface area contributed by atoms with Crippen LogP contribution in [0.3, 0.4) is 0 Å². The largest absolute Gasteiger partial charge is 0.384 e. The van der Waals surface area contributed by atoms with Gasteiger partial charge < -0.3 is 5.73 Å². The molecule has 2 rings (SSSR count). The van der Waals surface area contributed by atoms with E-state index >= 15 is 0 Å². The molecule has 0 spiro atoms. The van der Waals surface area contributed by atoms with E-state index in [0.29, 0.717) is 10.8 Å². The monoisotopic (exact) mass is 280 g/mol. The maximum Gasteiger partial charge on any atom is 0.124 e. The molecule has 0 aromatic heterocycles. The molecule has 0 amide bonds. The first kappa shape index (κ1) is 14.4. The Morgan fingerprint density at radius 2 is 2.21 bits per heavy atom. The third-order valence-electron chi connectivity index (χ3n) is 3.64. The van der Waals surface area contributed by atoms with E-state index in [2.05, 4.69) is 6.92 Å². The lowest BCUT2D eigenvalue weighted by Gasteiger charge is -2.26. The Hall–Kier alpha value is -1.03. The van der Waals surface area contributed by atoms with Crippen LogP contribution in [0.15, 0.2) is 18.2 Å². The van der Waals surface area contributed by atoms with Gasteiger partial charge >= 0.3 is 0 Å². The maximum absolute atomic E-state index is 13.5. The van der Waals surface area contributed by atoms with Crippen molar-refractivity contribution in [1.29, 1.82) is 5.41 Å². The van der Waals surface area contributed by atoms with Gasteiger partial charge in [0.1, 0.15) is 11.7 Å². The zero-order valence-electron chi connectivity index (χ0n) is 11.3. The van der Waals surface area contributed by atoms with E-state index in [1.165, 1.54) is 31.7 Å². The summed E-state index contributed by atoms with van der Waals surface area (Å²) in [6.07, 6.45) is 5.18. The van der Waals surface area contributed by atoms with Gasteiger partial charge in [-0.05, 0) is 42.5 Å². The summed E-state index contributed by atoms with van der Waals surface area (Å²) in [5.41, 5.74) is 6.82. The molecule has 1 aromatic rings. The molecule has 1 aromatic carbocycles. The van der Waals surface area contributed by atoms with Gasteiger partial charge in [0.25, 0.3) is 0 Å². The zero-order chi connectivity index (χ0) is 13.8. The molecule has 0 heterocycles. The number of hydrogen-bond donors (Lipinski definition) is 2. The van der Waals surface area contributed by atoms with Crippen LogP contribution in [-0.2, 0) is 5.75 Å². The molecule has 1 aliphatic carbocycles. The number of hydrogen-bond acceptors (Lipinski definition) is 2. The van der Waals surface area contributed by atoms with E-state index in [0.717, 1.165) is 17.2 Å². The van der Waals surface area contributed by atoms with Gasteiger partial charge in [-0.15, -0.1) is 0 Å². The molecule has 3 N–H and O–H groups in total. The van der Waals surface area contributed by atoms with Crippen molar-refractivity contribution in [3.05, 3.63) is 35.1 Å². The highest BCUT2D eigenvalue weighted by atomic mass is 32.2. The summed E-state index contributed by atoms with van der Waals surface area (Å²) in [6.45, 7) is 2.31. The van der Waals surface area contributed by atoms with E-state index < -0.39 is 0 Å². The number of thioether (sulfide) groups is 1. The SMILES string of the molecule is CC1CCCC(SCc2cc(F)cc(C(=N)N)c2)C1. The average Bonchev–Trinajstić information content (AvgIpc) is 2.36. The van der Waals surface area contributed by atoms with Gasteiger partial charge in [-0.3, -0.25) is 5.41 Å². The van der Waals surface area contributed by atoms with Crippen LogP contribution in [0.2, 0.25) is 0 Å². The van der Waals surface area contributed by atoms with Gasteiger partial charge in [-0.2, -0.15) is 11.8 Å². The minimum Gasteiger partial charge on any atom is -0.384 e. The van der Waals surface area contributed by atoms with Crippen LogP contribution in [0.1, 0.15) is 43.7 Å². The number of nitrogen functional groups attached to an aromatic ring is 1. The predicted molar refractivity (Wildman–Crippen MR) is 80.1 cm³/mol. The smallest absolute Gasteiger partial charge is 0.124 e. The summed E-state index contributed by atoms with van der Waals surface area (Å²) in [4.78, 5) is 0. The van der Waals surface area contributed by atoms with Crippen LogP contribution >= 0.6 is 11.8 Å². The molecule has 4 heteroatoms. The first-order valence-corrected chi connectivity index (χ1v) is 7.85. The van der Waals surface area contributed by atoms with E-state index in [1.807, 2.05) is 17.8 Å². The summed E-state index contributed by atoms with van der Waals surface area (Å²) < 4.78 is 13.5. The molecular formula is C15H21FN2S. The fourth-order valence-corrected chi connectivity index (χ4v) is 4.03. The lowest BCUT2D eigenvalue weighted by molar-refractivity contribution is 0.394. The van der Waals surface area contributed by atoms with Crippen LogP contribution in [0, 0.1) is 17.1 Å². The molecular weight excluding hydrogens is 259 g/mol. The lowest BCUT2D eigenvalue weighted by atomic mass is 9.91. The Balaban J connectivity index is 1.97. The number of nitrogens with one attached hydrogen (secondary N) is 1. The van der Waals surface area contributed by atoms with Gasteiger partial charge in [0, 0.05) is 16.6 Å².